The molecule has 2 aromatic rings. The van der Waals surface area contributed by atoms with Gasteiger partial charge in [-0.15, -0.1) is 11.3 Å². The third-order valence-electron chi connectivity index (χ3n) is 4.25. The SMILES string of the molecule is CCCc1ccc(-c2nc(NC(=O)C3=NN(C)C(=O)CC3)sc2C)cc1. The van der Waals surface area contributed by atoms with Crippen molar-refractivity contribution in [1.29, 1.82) is 0 Å². The van der Waals surface area contributed by atoms with Crippen molar-refractivity contribution >= 4 is 34.0 Å². The quantitative estimate of drug-likeness (QED) is 0.873. The molecule has 2 heterocycles. The van der Waals surface area contributed by atoms with E-state index in [1.807, 2.05) is 6.92 Å². The summed E-state index contributed by atoms with van der Waals surface area (Å²) in [6.45, 7) is 4.16. The zero-order valence-electron chi connectivity index (χ0n) is 15.2. The van der Waals surface area contributed by atoms with E-state index in [1.165, 1.54) is 21.9 Å². The number of anilines is 1. The molecule has 0 fully saturated rings. The monoisotopic (exact) mass is 370 g/mol. The minimum Gasteiger partial charge on any atom is -0.297 e. The lowest BCUT2D eigenvalue weighted by molar-refractivity contribution is -0.130. The molecular weight excluding hydrogens is 348 g/mol. The van der Waals surface area contributed by atoms with E-state index in [9.17, 15) is 9.59 Å². The molecule has 1 aliphatic heterocycles. The van der Waals surface area contributed by atoms with Crippen LogP contribution < -0.4 is 5.32 Å². The van der Waals surface area contributed by atoms with Gasteiger partial charge >= 0.3 is 0 Å². The van der Waals surface area contributed by atoms with Crippen molar-refractivity contribution in [3.05, 3.63) is 34.7 Å². The van der Waals surface area contributed by atoms with Crippen LogP contribution >= 0.6 is 11.3 Å². The third kappa shape index (κ3) is 3.99. The first kappa shape index (κ1) is 18.3. The Morgan fingerprint density at radius 1 is 1.27 bits per heavy atom. The van der Waals surface area contributed by atoms with E-state index < -0.39 is 0 Å². The first-order valence-electron chi connectivity index (χ1n) is 8.70. The number of carbonyl (C=O) groups excluding carboxylic acids is 2. The average Bonchev–Trinajstić information content (AvgIpc) is 2.98. The summed E-state index contributed by atoms with van der Waals surface area (Å²) in [4.78, 5) is 29.5. The van der Waals surface area contributed by atoms with Crippen LogP contribution in [0.4, 0.5) is 5.13 Å². The number of nitrogens with zero attached hydrogens (tertiary/aromatic N) is 3. The van der Waals surface area contributed by atoms with Gasteiger partial charge < -0.3 is 0 Å². The van der Waals surface area contributed by atoms with E-state index in [0.29, 0.717) is 23.7 Å². The van der Waals surface area contributed by atoms with Crippen LogP contribution in [0.2, 0.25) is 0 Å². The number of nitrogens with one attached hydrogen (secondary N) is 1. The molecule has 6 nitrogen and oxygen atoms in total. The number of hydrogen-bond donors (Lipinski definition) is 1. The molecule has 0 atom stereocenters. The maximum atomic E-state index is 12.4. The molecule has 7 heteroatoms. The number of aromatic nitrogens is 1. The Labute approximate surface area is 156 Å². The molecule has 0 radical (unpaired) electrons. The fourth-order valence-electron chi connectivity index (χ4n) is 2.84. The lowest BCUT2D eigenvalue weighted by Crippen LogP contribution is -2.34. The molecule has 26 heavy (non-hydrogen) atoms. The molecule has 0 saturated carbocycles. The summed E-state index contributed by atoms with van der Waals surface area (Å²) >= 11 is 1.44. The maximum Gasteiger partial charge on any atom is 0.273 e. The van der Waals surface area contributed by atoms with Crippen molar-refractivity contribution in [3.8, 4) is 11.3 Å². The van der Waals surface area contributed by atoms with Crippen LogP contribution in [-0.4, -0.2) is 34.6 Å². The maximum absolute atomic E-state index is 12.4. The Morgan fingerprint density at radius 3 is 2.65 bits per heavy atom. The van der Waals surface area contributed by atoms with Crippen molar-refractivity contribution in [2.75, 3.05) is 12.4 Å². The molecule has 0 aliphatic carbocycles. The van der Waals surface area contributed by atoms with Crippen molar-refractivity contribution in [1.82, 2.24) is 9.99 Å². The molecule has 0 bridgehead atoms. The van der Waals surface area contributed by atoms with Crippen molar-refractivity contribution in [2.24, 2.45) is 5.10 Å². The lowest BCUT2D eigenvalue weighted by Gasteiger charge is -2.18. The minimum absolute atomic E-state index is 0.0829. The normalized spacial score (nSPS) is 14.3. The highest BCUT2D eigenvalue weighted by Crippen LogP contribution is 2.30. The summed E-state index contributed by atoms with van der Waals surface area (Å²) in [6.07, 6.45) is 2.84. The Kier molecular flexibility index (Phi) is 5.46. The van der Waals surface area contributed by atoms with Crippen LogP contribution in [0.3, 0.4) is 0 Å². The highest BCUT2D eigenvalue weighted by Gasteiger charge is 2.23. The van der Waals surface area contributed by atoms with Gasteiger partial charge in [0.25, 0.3) is 5.91 Å². The molecule has 1 aromatic heterocycles. The average molecular weight is 370 g/mol. The summed E-state index contributed by atoms with van der Waals surface area (Å²) in [5.41, 5.74) is 3.59. The van der Waals surface area contributed by atoms with E-state index >= 15 is 0 Å². The van der Waals surface area contributed by atoms with Gasteiger partial charge in [0.2, 0.25) is 5.91 Å². The van der Waals surface area contributed by atoms with E-state index in [-0.39, 0.29) is 11.8 Å². The van der Waals surface area contributed by atoms with Crippen molar-refractivity contribution < 1.29 is 9.59 Å². The van der Waals surface area contributed by atoms with Gasteiger partial charge in [-0.1, -0.05) is 37.6 Å². The molecule has 1 N–H and O–H groups in total. The molecule has 0 saturated heterocycles. The van der Waals surface area contributed by atoms with E-state index in [2.05, 4.69) is 46.6 Å². The zero-order valence-corrected chi connectivity index (χ0v) is 16.0. The summed E-state index contributed by atoms with van der Waals surface area (Å²) < 4.78 is 0. The predicted molar refractivity (Wildman–Crippen MR) is 104 cm³/mol. The van der Waals surface area contributed by atoms with Crippen LogP contribution in [-0.2, 0) is 16.0 Å². The Morgan fingerprint density at radius 2 is 2.00 bits per heavy atom. The van der Waals surface area contributed by atoms with Gasteiger partial charge in [-0.25, -0.2) is 9.99 Å². The molecular formula is C19H22N4O2S. The van der Waals surface area contributed by atoms with Crippen LogP contribution in [0, 0.1) is 6.92 Å². The topological polar surface area (TPSA) is 74.7 Å². The fourth-order valence-corrected chi connectivity index (χ4v) is 3.67. The number of aryl methyl sites for hydroxylation is 2. The second kappa shape index (κ2) is 7.78. The number of benzene rings is 1. The van der Waals surface area contributed by atoms with Crippen LogP contribution in [0.25, 0.3) is 11.3 Å². The van der Waals surface area contributed by atoms with Gasteiger partial charge in [0.15, 0.2) is 5.13 Å². The second-order valence-corrected chi connectivity index (χ2v) is 7.49. The first-order chi connectivity index (χ1) is 12.5. The van der Waals surface area contributed by atoms with Crippen molar-refractivity contribution in [3.63, 3.8) is 0 Å². The smallest absolute Gasteiger partial charge is 0.273 e. The summed E-state index contributed by atoms with van der Waals surface area (Å²) in [5, 5.41) is 8.61. The number of amides is 2. The number of hydrogen-bond acceptors (Lipinski definition) is 5. The summed E-state index contributed by atoms with van der Waals surface area (Å²) in [7, 11) is 1.56. The number of thiazole rings is 1. The molecule has 136 valence electrons. The van der Waals surface area contributed by atoms with E-state index in [4.69, 9.17) is 0 Å². The Bertz CT molecular complexity index is 855. The Balaban J connectivity index is 1.75. The van der Waals surface area contributed by atoms with Gasteiger partial charge in [0.05, 0.1) is 5.69 Å². The molecule has 1 aromatic carbocycles. The zero-order chi connectivity index (χ0) is 18.7. The fraction of sp³-hybridized carbons (Fsp3) is 0.368. The molecule has 3 rings (SSSR count). The number of carbonyl (C=O) groups is 2. The third-order valence-corrected chi connectivity index (χ3v) is 5.14. The highest BCUT2D eigenvalue weighted by atomic mass is 32.1. The molecule has 0 unspecified atom stereocenters. The molecule has 2 amide bonds. The van der Waals surface area contributed by atoms with Crippen LogP contribution in [0.1, 0.15) is 36.6 Å². The second-order valence-electron chi connectivity index (χ2n) is 6.29. The van der Waals surface area contributed by atoms with Gasteiger partial charge in [-0.2, -0.15) is 5.10 Å². The summed E-state index contributed by atoms with van der Waals surface area (Å²) in [6, 6.07) is 8.40. The van der Waals surface area contributed by atoms with Crippen LogP contribution in [0.5, 0.6) is 0 Å². The number of hydrazone groups is 1. The Hall–Kier alpha value is -2.54. The van der Waals surface area contributed by atoms with Crippen LogP contribution in [0.15, 0.2) is 29.4 Å². The lowest BCUT2D eigenvalue weighted by atomic mass is 10.1. The van der Waals surface area contributed by atoms with Crippen molar-refractivity contribution in [2.45, 2.75) is 39.5 Å². The van der Waals surface area contributed by atoms with Gasteiger partial charge in [-0.3, -0.25) is 14.9 Å². The minimum atomic E-state index is -0.303. The van der Waals surface area contributed by atoms with Gasteiger partial charge in [0.1, 0.15) is 5.71 Å². The van der Waals surface area contributed by atoms with E-state index in [0.717, 1.165) is 29.0 Å². The molecule has 0 spiro atoms. The van der Waals surface area contributed by atoms with Gasteiger partial charge in [-0.05, 0) is 18.9 Å². The largest absolute Gasteiger partial charge is 0.297 e. The summed E-state index contributed by atoms with van der Waals surface area (Å²) in [5.74, 6) is -0.386. The molecule has 1 aliphatic rings. The standard InChI is InChI=1S/C19H22N4O2S/c1-4-5-13-6-8-14(9-7-13)17-12(2)26-19(20-17)21-18(25)15-10-11-16(24)23(3)22-15/h6-9H,4-5,10-11H2,1-3H3,(H,20,21,25). The highest BCUT2D eigenvalue weighted by molar-refractivity contribution is 7.16. The van der Waals surface area contributed by atoms with Gasteiger partial charge in [0, 0.05) is 30.3 Å². The predicted octanol–water partition coefficient (Wildman–Crippen LogP) is 3.62. The number of rotatable bonds is 5. The first-order valence-corrected chi connectivity index (χ1v) is 9.51. The van der Waals surface area contributed by atoms with E-state index in [1.54, 1.807) is 7.05 Å².